The summed E-state index contributed by atoms with van der Waals surface area (Å²) < 4.78 is 16.3. The van der Waals surface area contributed by atoms with Crippen LogP contribution in [0.3, 0.4) is 0 Å². The van der Waals surface area contributed by atoms with E-state index in [1.54, 1.807) is 0 Å². The van der Waals surface area contributed by atoms with Crippen LogP contribution in [-0.4, -0.2) is 37.0 Å². The number of hydrogen-bond donors (Lipinski definition) is 0. The highest BCUT2D eigenvalue weighted by atomic mass is 16.6. The molecule has 1 saturated carbocycles. The number of carbonyl (C=O) groups excluding carboxylic acids is 1. The molecule has 3 rings (SSSR count). The maximum atomic E-state index is 11.7. The molecular weight excluding hydrogens is 244 g/mol. The standard InChI is InChI=1S/C15H24O4/c1-2-3-11-12(18-11)6-7-15(16)17-9-10-4-5-13-14(8-10)19-13/h10-14H,2-9H2,1H3. The highest BCUT2D eigenvalue weighted by molar-refractivity contribution is 5.69. The van der Waals surface area contributed by atoms with Gasteiger partial charge in [-0.2, -0.15) is 0 Å². The molecule has 0 aromatic rings. The summed E-state index contributed by atoms with van der Waals surface area (Å²) in [5.41, 5.74) is 0. The number of hydrogen-bond acceptors (Lipinski definition) is 4. The summed E-state index contributed by atoms with van der Waals surface area (Å²) >= 11 is 0. The van der Waals surface area contributed by atoms with E-state index in [0.717, 1.165) is 38.5 Å². The van der Waals surface area contributed by atoms with Gasteiger partial charge < -0.3 is 14.2 Å². The Kier molecular flexibility index (Phi) is 4.08. The molecule has 0 radical (unpaired) electrons. The maximum Gasteiger partial charge on any atom is 0.305 e. The predicted octanol–water partition coefficient (Wildman–Crippen LogP) is 2.44. The highest BCUT2D eigenvalue weighted by Crippen LogP contribution is 2.39. The van der Waals surface area contributed by atoms with Gasteiger partial charge in [0.2, 0.25) is 0 Å². The molecule has 3 fully saturated rings. The van der Waals surface area contributed by atoms with Gasteiger partial charge in [0.05, 0.1) is 31.0 Å². The van der Waals surface area contributed by atoms with Crippen LogP contribution in [0.5, 0.6) is 0 Å². The van der Waals surface area contributed by atoms with Crippen LogP contribution in [0.1, 0.15) is 51.9 Å². The van der Waals surface area contributed by atoms with Crippen LogP contribution in [-0.2, 0) is 19.0 Å². The average Bonchev–Trinajstić information content (AvgIpc) is 3.29. The summed E-state index contributed by atoms with van der Waals surface area (Å²) in [6.45, 7) is 2.74. The van der Waals surface area contributed by atoms with Crippen LogP contribution >= 0.6 is 0 Å². The van der Waals surface area contributed by atoms with Crippen LogP contribution in [0.25, 0.3) is 0 Å². The number of rotatable bonds is 7. The minimum absolute atomic E-state index is 0.0652. The Morgan fingerprint density at radius 2 is 2.00 bits per heavy atom. The lowest BCUT2D eigenvalue weighted by atomic mass is 9.90. The number of esters is 1. The van der Waals surface area contributed by atoms with Gasteiger partial charge in [-0.3, -0.25) is 4.79 Å². The van der Waals surface area contributed by atoms with Gasteiger partial charge in [-0.15, -0.1) is 0 Å². The van der Waals surface area contributed by atoms with Crippen molar-refractivity contribution in [3.63, 3.8) is 0 Å². The number of ether oxygens (including phenoxy) is 3. The van der Waals surface area contributed by atoms with Gasteiger partial charge in [0.1, 0.15) is 0 Å². The van der Waals surface area contributed by atoms with Gasteiger partial charge in [-0.1, -0.05) is 13.3 Å². The van der Waals surface area contributed by atoms with E-state index >= 15 is 0 Å². The molecule has 5 atom stereocenters. The summed E-state index contributed by atoms with van der Waals surface area (Å²) in [6, 6.07) is 0. The van der Waals surface area contributed by atoms with Crippen molar-refractivity contribution in [3.8, 4) is 0 Å². The zero-order valence-corrected chi connectivity index (χ0v) is 11.7. The SMILES string of the molecule is CCCC1OC1CCC(=O)OCC1CCC2OC2C1. The third kappa shape index (κ3) is 3.69. The zero-order valence-electron chi connectivity index (χ0n) is 11.7. The fourth-order valence-electron chi connectivity index (χ4n) is 3.15. The first-order chi connectivity index (χ1) is 9.26. The van der Waals surface area contributed by atoms with Crippen molar-refractivity contribution in [1.29, 1.82) is 0 Å². The van der Waals surface area contributed by atoms with E-state index < -0.39 is 0 Å². The third-order valence-electron chi connectivity index (χ3n) is 4.49. The lowest BCUT2D eigenvalue weighted by Crippen LogP contribution is -2.20. The van der Waals surface area contributed by atoms with Gasteiger partial charge in [0.25, 0.3) is 0 Å². The molecular formula is C15H24O4. The van der Waals surface area contributed by atoms with Crippen molar-refractivity contribution >= 4 is 5.97 Å². The normalized spacial score (nSPS) is 39.5. The summed E-state index contributed by atoms with van der Waals surface area (Å²) in [6.07, 6.45) is 8.64. The molecule has 2 heterocycles. The lowest BCUT2D eigenvalue weighted by molar-refractivity contribution is -0.145. The first kappa shape index (κ1) is 13.4. The minimum atomic E-state index is -0.0652. The fourth-order valence-corrected chi connectivity index (χ4v) is 3.15. The summed E-state index contributed by atoms with van der Waals surface area (Å²) in [5.74, 6) is 0.447. The molecule has 3 aliphatic rings. The molecule has 2 aliphatic heterocycles. The number of carbonyl (C=O) groups is 1. The van der Waals surface area contributed by atoms with Gasteiger partial charge >= 0.3 is 5.97 Å². The predicted molar refractivity (Wildman–Crippen MR) is 69.8 cm³/mol. The van der Waals surface area contributed by atoms with Crippen molar-refractivity contribution < 1.29 is 19.0 Å². The molecule has 2 saturated heterocycles. The van der Waals surface area contributed by atoms with E-state index in [4.69, 9.17) is 14.2 Å². The zero-order chi connectivity index (χ0) is 13.2. The second-order valence-corrected chi connectivity index (χ2v) is 6.12. The first-order valence-corrected chi connectivity index (χ1v) is 7.72. The molecule has 108 valence electrons. The Morgan fingerprint density at radius 1 is 1.16 bits per heavy atom. The van der Waals surface area contributed by atoms with Crippen molar-refractivity contribution in [2.24, 2.45) is 5.92 Å². The Hall–Kier alpha value is -0.610. The molecule has 4 nitrogen and oxygen atoms in total. The van der Waals surface area contributed by atoms with Crippen LogP contribution in [0.4, 0.5) is 0 Å². The Bertz CT molecular complexity index is 330. The molecule has 19 heavy (non-hydrogen) atoms. The Balaban J connectivity index is 1.25. The minimum Gasteiger partial charge on any atom is -0.465 e. The lowest BCUT2D eigenvalue weighted by Gasteiger charge is -2.18. The molecule has 4 heteroatoms. The van der Waals surface area contributed by atoms with Gasteiger partial charge in [0.15, 0.2) is 0 Å². The second-order valence-electron chi connectivity index (χ2n) is 6.12. The van der Waals surface area contributed by atoms with Crippen molar-refractivity contribution in [3.05, 3.63) is 0 Å². The van der Waals surface area contributed by atoms with E-state index in [0.29, 0.717) is 43.4 Å². The monoisotopic (exact) mass is 268 g/mol. The highest BCUT2D eigenvalue weighted by Gasteiger charge is 2.44. The van der Waals surface area contributed by atoms with Gasteiger partial charge in [-0.25, -0.2) is 0 Å². The third-order valence-corrected chi connectivity index (χ3v) is 4.49. The molecule has 0 spiro atoms. The Morgan fingerprint density at radius 3 is 2.79 bits per heavy atom. The van der Waals surface area contributed by atoms with Crippen LogP contribution in [0, 0.1) is 5.92 Å². The fraction of sp³-hybridized carbons (Fsp3) is 0.933. The molecule has 1 aliphatic carbocycles. The topological polar surface area (TPSA) is 51.4 Å². The smallest absolute Gasteiger partial charge is 0.305 e. The van der Waals surface area contributed by atoms with Crippen molar-refractivity contribution in [2.75, 3.05) is 6.61 Å². The van der Waals surface area contributed by atoms with Crippen LogP contribution < -0.4 is 0 Å². The summed E-state index contributed by atoms with van der Waals surface area (Å²) in [5, 5.41) is 0. The maximum absolute atomic E-state index is 11.7. The molecule has 0 bridgehead atoms. The second kappa shape index (κ2) is 5.80. The largest absolute Gasteiger partial charge is 0.465 e. The average molecular weight is 268 g/mol. The van der Waals surface area contributed by atoms with E-state index in [1.165, 1.54) is 0 Å². The molecule has 0 amide bonds. The molecule has 5 unspecified atom stereocenters. The summed E-state index contributed by atoms with van der Waals surface area (Å²) in [4.78, 5) is 11.7. The van der Waals surface area contributed by atoms with Gasteiger partial charge in [-0.05, 0) is 38.0 Å². The van der Waals surface area contributed by atoms with E-state index in [2.05, 4.69) is 6.92 Å². The van der Waals surface area contributed by atoms with Crippen molar-refractivity contribution in [1.82, 2.24) is 0 Å². The quantitative estimate of drug-likeness (QED) is 0.525. The number of fused-ring (bicyclic) bond motifs is 1. The van der Waals surface area contributed by atoms with Gasteiger partial charge in [0, 0.05) is 6.42 Å². The van der Waals surface area contributed by atoms with E-state index in [1.807, 2.05) is 0 Å². The van der Waals surface area contributed by atoms with Crippen molar-refractivity contribution in [2.45, 2.75) is 76.3 Å². The number of epoxide rings is 2. The molecule has 0 aromatic heterocycles. The Labute approximate surface area is 114 Å². The summed E-state index contributed by atoms with van der Waals surface area (Å²) in [7, 11) is 0. The van der Waals surface area contributed by atoms with Crippen LogP contribution in [0.15, 0.2) is 0 Å². The van der Waals surface area contributed by atoms with Crippen LogP contribution in [0.2, 0.25) is 0 Å². The van der Waals surface area contributed by atoms with E-state index in [-0.39, 0.29) is 5.97 Å². The molecule has 0 aromatic carbocycles. The van der Waals surface area contributed by atoms with E-state index in [9.17, 15) is 4.79 Å². The first-order valence-electron chi connectivity index (χ1n) is 7.72. The molecule has 0 N–H and O–H groups in total.